The van der Waals surface area contributed by atoms with Crippen molar-refractivity contribution in [3.8, 4) is 0 Å². The fourth-order valence-electron chi connectivity index (χ4n) is 2.84. The first-order chi connectivity index (χ1) is 14.0. The van der Waals surface area contributed by atoms with E-state index in [1.807, 2.05) is 30.3 Å². The van der Waals surface area contributed by atoms with E-state index in [0.717, 1.165) is 5.56 Å². The zero-order valence-corrected chi connectivity index (χ0v) is 16.9. The summed E-state index contributed by atoms with van der Waals surface area (Å²) in [5.41, 5.74) is 2.46. The lowest BCUT2D eigenvalue weighted by Gasteiger charge is -2.08. The van der Waals surface area contributed by atoms with Crippen molar-refractivity contribution in [1.29, 1.82) is 0 Å². The van der Waals surface area contributed by atoms with Crippen molar-refractivity contribution in [2.75, 3.05) is 0 Å². The molecule has 0 bridgehead atoms. The summed E-state index contributed by atoms with van der Waals surface area (Å²) in [5.74, 6) is 0.114. The van der Waals surface area contributed by atoms with Crippen LogP contribution in [0.5, 0.6) is 0 Å². The first-order valence-electron chi connectivity index (χ1n) is 9.29. The van der Waals surface area contributed by atoms with Crippen LogP contribution in [0.15, 0.2) is 64.5 Å². The van der Waals surface area contributed by atoms with Crippen LogP contribution >= 0.6 is 11.8 Å². The van der Waals surface area contributed by atoms with Crippen LogP contribution in [0.2, 0.25) is 0 Å². The molecule has 1 heterocycles. The molecule has 1 aromatic heterocycles. The minimum absolute atomic E-state index is 0.119. The molecule has 0 unspecified atom stereocenters. The summed E-state index contributed by atoms with van der Waals surface area (Å²) in [6, 6.07) is 16.2. The average molecular weight is 412 g/mol. The van der Waals surface area contributed by atoms with Gasteiger partial charge >= 0.3 is 0 Å². The molecule has 0 atom stereocenters. The van der Waals surface area contributed by atoms with E-state index in [1.165, 1.54) is 17.8 Å². The molecule has 1 amide bonds. The minimum atomic E-state index is -0.354. The van der Waals surface area contributed by atoms with Gasteiger partial charge in [-0.3, -0.25) is 9.59 Å². The van der Waals surface area contributed by atoms with Gasteiger partial charge < -0.3 is 10.3 Å². The number of carbonyl (C=O) groups excluding carboxylic acids is 1. The maximum atomic E-state index is 13.6. The summed E-state index contributed by atoms with van der Waals surface area (Å²) in [5, 5.41) is 3.24. The van der Waals surface area contributed by atoms with Crippen molar-refractivity contribution in [1.82, 2.24) is 15.3 Å². The van der Waals surface area contributed by atoms with E-state index in [9.17, 15) is 14.0 Å². The Bertz CT molecular complexity index is 1040. The zero-order valence-electron chi connectivity index (χ0n) is 16.1. The van der Waals surface area contributed by atoms with Crippen LogP contribution in [0, 0.1) is 12.7 Å². The fraction of sp³-hybridized carbons (Fsp3) is 0.227. The summed E-state index contributed by atoms with van der Waals surface area (Å²) < 4.78 is 13.6. The molecule has 7 heteroatoms. The van der Waals surface area contributed by atoms with E-state index in [-0.39, 0.29) is 36.7 Å². The lowest BCUT2D eigenvalue weighted by molar-refractivity contribution is -0.121. The van der Waals surface area contributed by atoms with E-state index in [0.29, 0.717) is 27.7 Å². The topological polar surface area (TPSA) is 74.8 Å². The van der Waals surface area contributed by atoms with Crippen LogP contribution < -0.4 is 10.9 Å². The summed E-state index contributed by atoms with van der Waals surface area (Å²) in [6.07, 6.45) is 0.414. The number of H-pyrrole nitrogens is 1. The number of aromatic amines is 1. The van der Waals surface area contributed by atoms with Crippen LogP contribution in [0.1, 0.15) is 28.8 Å². The van der Waals surface area contributed by atoms with Crippen LogP contribution in [-0.4, -0.2) is 15.9 Å². The Morgan fingerprint density at radius 2 is 1.86 bits per heavy atom. The van der Waals surface area contributed by atoms with Gasteiger partial charge in [-0.1, -0.05) is 60.3 Å². The SMILES string of the molecule is Cc1nc(SCc2ccccc2)[nH]c(=O)c1CCC(=O)NCc1ccccc1F. The standard InChI is InChI=1S/C22H22FN3O2S/c1-15-18(11-12-20(27)24-13-17-9-5-6-10-19(17)23)21(28)26-22(25-15)29-14-16-7-3-2-4-8-16/h2-10H,11-14H2,1H3,(H,24,27)(H,25,26,28). The van der Waals surface area contributed by atoms with E-state index in [4.69, 9.17) is 0 Å². The quantitative estimate of drug-likeness (QED) is 0.437. The van der Waals surface area contributed by atoms with E-state index >= 15 is 0 Å². The highest BCUT2D eigenvalue weighted by molar-refractivity contribution is 7.98. The van der Waals surface area contributed by atoms with Crippen molar-refractivity contribution < 1.29 is 9.18 Å². The molecule has 0 aliphatic carbocycles. The normalized spacial score (nSPS) is 10.7. The monoisotopic (exact) mass is 411 g/mol. The van der Waals surface area contributed by atoms with Crippen molar-refractivity contribution in [2.45, 2.75) is 37.2 Å². The van der Waals surface area contributed by atoms with Gasteiger partial charge in [0.2, 0.25) is 5.91 Å². The molecule has 3 aromatic rings. The predicted molar refractivity (Wildman–Crippen MR) is 112 cm³/mol. The third-order valence-corrected chi connectivity index (χ3v) is 5.40. The molecular formula is C22H22FN3O2S. The molecule has 2 aromatic carbocycles. The van der Waals surface area contributed by atoms with Gasteiger partial charge in [0.15, 0.2) is 5.16 Å². The van der Waals surface area contributed by atoms with E-state index < -0.39 is 0 Å². The van der Waals surface area contributed by atoms with Gasteiger partial charge in [-0.25, -0.2) is 9.37 Å². The van der Waals surface area contributed by atoms with Crippen LogP contribution in [-0.2, 0) is 23.5 Å². The highest BCUT2D eigenvalue weighted by atomic mass is 32.2. The predicted octanol–water partition coefficient (Wildman–Crippen LogP) is 3.76. The lowest BCUT2D eigenvalue weighted by Crippen LogP contribution is -2.25. The first-order valence-corrected chi connectivity index (χ1v) is 10.3. The molecule has 0 aliphatic rings. The molecular weight excluding hydrogens is 389 g/mol. The maximum Gasteiger partial charge on any atom is 0.254 e. The second-order valence-electron chi connectivity index (χ2n) is 6.58. The molecule has 150 valence electrons. The van der Waals surface area contributed by atoms with Crippen LogP contribution in [0.4, 0.5) is 4.39 Å². The van der Waals surface area contributed by atoms with Gasteiger partial charge in [0, 0.05) is 35.5 Å². The minimum Gasteiger partial charge on any atom is -0.352 e. The summed E-state index contributed by atoms with van der Waals surface area (Å²) in [6.45, 7) is 1.89. The van der Waals surface area contributed by atoms with Gasteiger partial charge in [-0.15, -0.1) is 0 Å². The van der Waals surface area contributed by atoms with Crippen molar-refractivity contribution in [3.63, 3.8) is 0 Å². The Morgan fingerprint density at radius 1 is 1.14 bits per heavy atom. The number of nitrogens with zero attached hydrogens (tertiary/aromatic N) is 1. The Morgan fingerprint density at radius 3 is 2.59 bits per heavy atom. The number of rotatable bonds is 8. The molecule has 0 aliphatic heterocycles. The molecule has 2 N–H and O–H groups in total. The number of nitrogens with one attached hydrogen (secondary N) is 2. The largest absolute Gasteiger partial charge is 0.352 e. The van der Waals surface area contributed by atoms with Gasteiger partial charge in [0.1, 0.15) is 5.82 Å². The van der Waals surface area contributed by atoms with Gasteiger partial charge in [-0.05, 0) is 25.0 Å². The highest BCUT2D eigenvalue weighted by Gasteiger charge is 2.12. The van der Waals surface area contributed by atoms with Crippen molar-refractivity contribution in [3.05, 3.63) is 93.2 Å². The number of hydrogen-bond acceptors (Lipinski definition) is 4. The maximum absolute atomic E-state index is 13.6. The van der Waals surface area contributed by atoms with Crippen LogP contribution in [0.3, 0.4) is 0 Å². The molecule has 0 saturated carbocycles. The Hall–Kier alpha value is -2.93. The zero-order chi connectivity index (χ0) is 20.6. The number of aromatic nitrogens is 2. The molecule has 29 heavy (non-hydrogen) atoms. The number of aryl methyl sites for hydroxylation is 1. The molecule has 5 nitrogen and oxygen atoms in total. The van der Waals surface area contributed by atoms with E-state index in [1.54, 1.807) is 25.1 Å². The van der Waals surface area contributed by atoms with Gasteiger partial charge in [0.25, 0.3) is 5.56 Å². The Kier molecular flexibility index (Phi) is 7.19. The second-order valence-corrected chi connectivity index (χ2v) is 7.54. The van der Waals surface area contributed by atoms with E-state index in [2.05, 4.69) is 15.3 Å². The Labute approximate surface area is 172 Å². The molecule has 0 radical (unpaired) electrons. The number of benzene rings is 2. The molecule has 0 spiro atoms. The number of hydrogen-bond donors (Lipinski definition) is 2. The third-order valence-electron chi connectivity index (χ3n) is 4.45. The molecule has 3 rings (SSSR count). The fourth-order valence-corrected chi connectivity index (χ4v) is 3.70. The lowest BCUT2D eigenvalue weighted by atomic mass is 10.1. The molecule has 0 fully saturated rings. The number of thioether (sulfide) groups is 1. The van der Waals surface area contributed by atoms with Crippen molar-refractivity contribution >= 4 is 17.7 Å². The van der Waals surface area contributed by atoms with Crippen LogP contribution in [0.25, 0.3) is 0 Å². The average Bonchev–Trinajstić information content (AvgIpc) is 2.72. The highest BCUT2D eigenvalue weighted by Crippen LogP contribution is 2.19. The summed E-state index contributed by atoms with van der Waals surface area (Å²) >= 11 is 1.46. The number of amides is 1. The van der Waals surface area contributed by atoms with Gasteiger partial charge in [-0.2, -0.15) is 0 Å². The number of carbonyl (C=O) groups is 1. The Balaban J connectivity index is 1.54. The van der Waals surface area contributed by atoms with Crippen molar-refractivity contribution in [2.24, 2.45) is 0 Å². The first kappa shape index (κ1) is 20.8. The number of halogens is 1. The third kappa shape index (κ3) is 6.02. The summed E-state index contributed by atoms with van der Waals surface area (Å²) in [4.78, 5) is 31.7. The smallest absolute Gasteiger partial charge is 0.254 e. The van der Waals surface area contributed by atoms with Gasteiger partial charge in [0.05, 0.1) is 0 Å². The molecule has 0 saturated heterocycles. The summed E-state index contributed by atoms with van der Waals surface area (Å²) in [7, 11) is 0. The second kappa shape index (κ2) is 10.0.